The first-order valence-corrected chi connectivity index (χ1v) is 8.38. The van der Waals surface area contributed by atoms with Gasteiger partial charge in [-0.15, -0.1) is 11.3 Å². The molecule has 0 spiro atoms. The molecule has 2 atom stereocenters. The molecule has 1 aromatic heterocycles. The first-order chi connectivity index (χ1) is 10.1. The summed E-state index contributed by atoms with van der Waals surface area (Å²) in [4.78, 5) is 18.7. The standard InChI is InChI=1S/C15H24N2O3S/c1-4-20-11(2)14-16-13(10-21-14)8-17(3)15(18)12-6-5-7-19-9-12/h10-12H,4-9H2,1-3H3/t11-,12-/m1/s1. The number of carbonyl (C=O) groups is 1. The molecule has 1 aromatic rings. The number of thiazole rings is 1. The van der Waals surface area contributed by atoms with Crippen molar-refractivity contribution >= 4 is 17.2 Å². The number of aromatic nitrogens is 1. The second-order valence-corrected chi connectivity index (χ2v) is 6.27. The van der Waals surface area contributed by atoms with Gasteiger partial charge < -0.3 is 14.4 Å². The molecule has 2 rings (SSSR count). The van der Waals surface area contributed by atoms with E-state index in [1.165, 1.54) is 0 Å². The van der Waals surface area contributed by atoms with Crippen LogP contribution >= 0.6 is 11.3 Å². The summed E-state index contributed by atoms with van der Waals surface area (Å²) in [6.45, 7) is 6.52. The van der Waals surface area contributed by atoms with Gasteiger partial charge in [0, 0.05) is 25.6 Å². The lowest BCUT2D eigenvalue weighted by atomic mass is 10.0. The van der Waals surface area contributed by atoms with Gasteiger partial charge >= 0.3 is 0 Å². The van der Waals surface area contributed by atoms with E-state index in [2.05, 4.69) is 4.98 Å². The van der Waals surface area contributed by atoms with E-state index in [1.54, 1.807) is 16.2 Å². The van der Waals surface area contributed by atoms with Crippen LogP contribution < -0.4 is 0 Å². The lowest BCUT2D eigenvalue weighted by Crippen LogP contribution is -2.36. The summed E-state index contributed by atoms with van der Waals surface area (Å²) in [5, 5.41) is 2.97. The fraction of sp³-hybridized carbons (Fsp3) is 0.733. The molecule has 0 bridgehead atoms. The van der Waals surface area contributed by atoms with Gasteiger partial charge in [0.15, 0.2) is 0 Å². The fourth-order valence-electron chi connectivity index (χ4n) is 2.47. The largest absolute Gasteiger partial charge is 0.381 e. The van der Waals surface area contributed by atoms with Crippen molar-refractivity contribution in [2.75, 3.05) is 26.9 Å². The van der Waals surface area contributed by atoms with Crippen molar-refractivity contribution in [1.82, 2.24) is 9.88 Å². The van der Waals surface area contributed by atoms with Crippen LogP contribution in [0.2, 0.25) is 0 Å². The summed E-state index contributed by atoms with van der Waals surface area (Å²) >= 11 is 1.59. The van der Waals surface area contributed by atoms with Gasteiger partial charge in [-0.25, -0.2) is 4.98 Å². The van der Waals surface area contributed by atoms with E-state index in [-0.39, 0.29) is 17.9 Å². The molecule has 0 radical (unpaired) electrons. The van der Waals surface area contributed by atoms with E-state index in [0.29, 0.717) is 19.8 Å². The molecule has 21 heavy (non-hydrogen) atoms. The molecule has 2 heterocycles. The molecular formula is C15H24N2O3S. The molecule has 1 aliphatic heterocycles. The normalized spacial score (nSPS) is 20.2. The van der Waals surface area contributed by atoms with Crippen LogP contribution in [0.1, 0.15) is 43.5 Å². The van der Waals surface area contributed by atoms with Gasteiger partial charge in [0.05, 0.1) is 24.8 Å². The van der Waals surface area contributed by atoms with E-state index >= 15 is 0 Å². The quantitative estimate of drug-likeness (QED) is 0.810. The lowest BCUT2D eigenvalue weighted by molar-refractivity contribution is -0.138. The van der Waals surface area contributed by atoms with E-state index in [9.17, 15) is 4.79 Å². The van der Waals surface area contributed by atoms with Crippen LogP contribution in [0, 0.1) is 5.92 Å². The van der Waals surface area contributed by atoms with Crippen molar-refractivity contribution in [2.24, 2.45) is 5.92 Å². The maximum atomic E-state index is 12.3. The zero-order valence-electron chi connectivity index (χ0n) is 13.0. The molecule has 1 fully saturated rings. The Hall–Kier alpha value is -0.980. The summed E-state index contributed by atoms with van der Waals surface area (Å²) < 4.78 is 10.9. The molecular weight excluding hydrogens is 288 g/mol. The van der Waals surface area contributed by atoms with Gasteiger partial charge in [-0.2, -0.15) is 0 Å². The van der Waals surface area contributed by atoms with Crippen LogP contribution in [0.3, 0.4) is 0 Å². The fourth-order valence-corrected chi connectivity index (χ4v) is 3.29. The van der Waals surface area contributed by atoms with Gasteiger partial charge in [0.2, 0.25) is 5.91 Å². The summed E-state index contributed by atoms with van der Waals surface area (Å²) in [5.41, 5.74) is 0.925. The van der Waals surface area contributed by atoms with Crippen LogP contribution in [0.4, 0.5) is 0 Å². The van der Waals surface area contributed by atoms with Gasteiger partial charge in [0.25, 0.3) is 0 Å². The van der Waals surface area contributed by atoms with Crippen molar-refractivity contribution in [3.05, 3.63) is 16.1 Å². The number of hydrogen-bond acceptors (Lipinski definition) is 5. The molecule has 0 aromatic carbocycles. The Balaban J connectivity index is 1.89. The zero-order valence-corrected chi connectivity index (χ0v) is 13.8. The van der Waals surface area contributed by atoms with Crippen molar-refractivity contribution in [3.63, 3.8) is 0 Å². The minimum atomic E-state index is 0.00389. The van der Waals surface area contributed by atoms with E-state index in [1.807, 2.05) is 26.3 Å². The minimum absolute atomic E-state index is 0.00389. The van der Waals surface area contributed by atoms with Crippen LogP contribution in [0.5, 0.6) is 0 Å². The zero-order chi connectivity index (χ0) is 15.2. The molecule has 1 saturated heterocycles. The smallest absolute Gasteiger partial charge is 0.228 e. The topological polar surface area (TPSA) is 51.7 Å². The number of rotatable bonds is 6. The third-order valence-corrected chi connectivity index (χ3v) is 4.67. The van der Waals surface area contributed by atoms with E-state index in [0.717, 1.165) is 30.2 Å². The number of ether oxygens (including phenoxy) is 2. The number of carbonyl (C=O) groups excluding carboxylic acids is 1. The number of nitrogens with zero attached hydrogens (tertiary/aromatic N) is 2. The highest BCUT2D eigenvalue weighted by molar-refractivity contribution is 7.09. The van der Waals surface area contributed by atoms with Gasteiger partial charge in [0.1, 0.15) is 11.1 Å². The van der Waals surface area contributed by atoms with Gasteiger partial charge in [-0.05, 0) is 26.7 Å². The molecule has 0 saturated carbocycles. The summed E-state index contributed by atoms with van der Waals surface area (Å²) in [7, 11) is 1.84. The molecule has 1 aliphatic rings. The maximum Gasteiger partial charge on any atom is 0.228 e. The van der Waals surface area contributed by atoms with Gasteiger partial charge in [-0.1, -0.05) is 0 Å². The minimum Gasteiger partial charge on any atom is -0.381 e. The molecule has 118 valence electrons. The van der Waals surface area contributed by atoms with Crippen LogP contribution in [-0.2, 0) is 20.8 Å². The summed E-state index contributed by atoms with van der Waals surface area (Å²) in [6, 6.07) is 0. The number of hydrogen-bond donors (Lipinski definition) is 0. The Kier molecular flexibility index (Phi) is 6.14. The molecule has 0 unspecified atom stereocenters. The third kappa shape index (κ3) is 4.49. The first kappa shape index (κ1) is 16.4. The van der Waals surface area contributed by atoms with E-state index < -0.39 is 0 Å². The predicted octanol–water partition coefficient (Wildman–Crippen LogP) is 2.63. The second kappa shape index (κ2) is 7.87. The molecule has 5 nitrogen and oxygen atoms in total. The average Bonchev–Trinajstić information content (AvgIpc) is 2.96. The third-order valence-electron chi connectivity index (χ3n) is 3.62. The Morgan fingerprint density at radius 1 is 1.67 bits per heavy atom. The molecule has 1 amide bonds. The Bertz CT molecular complexity index is 458. The van der Waals surface area contributed by atoms with Crippen molar-refractivity contribution in [2.45, 2.75) is 39.3 Å². The monoisotopic (exact) mass is 312 g/mol. The summed E-state index contributed by atoms with van der Waals surface area (Å²) in [5.74, 6) is 0.159. The predicted molar refractivity (Wildman–Crippen MR) is 82.2 cm³/mol. The Morgan fingerprint density at radius 3 is 3.14 bits per heavy atom. The van der Waals surface area contributed by atoms with Crippen molar-refractivity contribution < 1.29 is 14.3 Å². The summed E-state index contributed by atoms with van der Waals surface area (Å²) in [6.07, 6.45) is 1.91. The highest BCUT2D eigenvalue weighted by Gasteiger charge is 2.25. The van der Waals surface area contributed by atoms with Crippen molar-refractivity contribution in [1.29, 1.82) is 0 Å². The van der Waals surface area contributed by atoms with Crippen LogP contribution in [0.25, 0.3) is 0 Å². The van der Waals surface area contributed by atoms with Crippen LogP contribution in [-0.4, -0.2) is 42.7 Å². The average molecular weight is 312 g/mol. The number of amides is 1. The molecule has 6 heteroatoms. The van der Waals surface area contributed by atoms with Crippen molar-refractivity contribution in [3.8, 4) is 0 Å². The van der Waals surface area contributed by atoms with Gasteiger partial charge in [-0.3, -0.25) is 4.79 Å². The van der Waals surface area contributed by atoms with Crippen LogP contribution in [0.15, 0.2) is 5.38 Å². The Labute approximate surface area is 130 Å². The molecule has 0 N–H and O–H groups in total. The van der Waals surface area contributed by atoms with E-state index in [4.69, 9.17) is 9.47 Å². The second-order valence-electron chi connectivity index (χ2n) is 5.38. The first-order valence-electron chi connectivity index (χ1n) is 7.50. The highest BCUT2D eigenvalue weighted by atomic mass is 32.1. The maximum absolute atomic E-state index is 12.3. The lowest BCUT2D eigenvalue weighted by Gasteiger charge is -2.26. The SMILES string of the molecule is CCO[C@H](C)c1nc(CN(C)C(=O)[C@@H]2CCCOC2)cs1. The Morgan fingerprint density at radius 2 is 2.48 bits per heavy atom. The highest BCUT2D eigenvalue weighted by Crippen LogP contribution is 2.22. The molecule has 0 aliphatic carbocycles.